The largest absolute Gasteiger partial charge is 0.397 e. The van der Waals surface area contributed by atoms with Crippen molar-refractivity contribution < 1.29 is 9.18 Å². The summed E-state index contributed by atoms with van der Waals surface area (Å²) in [5, 5.41) is 0. The van der Waals surface area contributed by atoms with Gasteiger partial charge in [0.25, 0.3) is 0 Å². The van der Waals surface area contributed by atoms with Crippen LogP contribution in [0.2, 0.25) is 0 Å². The van der Waals surface area contributed by atoms with E-state index in [9.17, 15) is 9.18 Å². The van der Waals surface area contributed by atoms with Crippen LogP contribution in [0.15, 0.2) is 16.6 Å². The van der Waals surface area contributed by atoms with E-state index < -0.39 is 5.82 Å². The molecule has 1 heterocycles. The van der Waals surface area contributed by atoms with E-state index >= 15 is 0 Å². The number of carbonyl (C=O) groups excluding carboxylic acids is 1. The zero-order chi connectivity index (χ0) is 12.6. The van der Waals surface area contributed by atoms with Gasteiger partial charge in [0.15, 0.2) is 0 Å². The molecular formula is C12H10BrFN2O. The predicted molar refractivity (Wildman–Crippen MR) is 67.8 cm³/mol. The van der Waals surface area contributed by atoms with Gasteiger partial charge in [-0.1, -0.05) is 0 Å². The number of anilines is 2. The Bertz CT molecular complexity index is 524. The normalized spacial score (nSPS) is 19.5. The highest BCUT2D eigenvalue weighted by Gasteiger charge is 2.30. The van der Waals surface area contributed by atoms with Crippen LogP contribution in [0.1, 0.15) is 6.42 Å². The lowest BCUT2D eigenvalue weighted by Gasteiger charge is -2.18. The third-order valence-electron chi connectivity index (χ3n) is 2.72. The lowest BCUT2D eigenvalue weighted by molar-refractivity contribution is -0.117. The molecule has 0 aliphatic carbocycles. The van der Waals surface area contributed by atoms with Gasteiger partial charge in [0.05, 0.1) is 15.8 Å². The molecule has 1 fully saturated rings. The maximum atomic E-state index is 13.2. The van der Waals surface area contributed by atoms with Crippen LogP contribution in [0.3, 0.4) is 0 Å². The molecule has 0 saturated carbocycles. The van der Waals surface area contributed by atoms with Crippen LogP contribution >= 0.6 is 15.9 Å². The Kier molecular flexibility index (Phi) is 3.07. The van der Waals surface area contributed by atoms with Gasteiger partial charge < -0.3 is 10.6 Å². The summed E-state index contributed by atoms with van der Waals surface area (Å²) >= 11 is 3.07. The molecule has 1 aromatic carbocycles. The Balaban J connectivity index is 2.39. The van der Waals surface area contributed by atoms with E-state index in [2.05, 4.69) is 21.9 Å². The fraction of sp³-hybridized carbons (Fsp3) is 0.250. The van der Waals surface area contributed by atoms with Gasteiger partial charge in [-0.15, -0.1) is 12.3 Å². The number of nitrogen functional groups attached to an aromatic ring is 1. The second kappa shape index (κ2) is 4.38. The summed E-state index contributed by atoms with van der Waals surface area (Å²) in [7, 11) is 0. The Labute approximate surface area is 107 Å². The highest BCUT2D eigenvalue weighted by atomic mass is 79.9. The number of halogens is 2. The van der Waals surface area contributed by atoms with Gasteiger partial charge in [-0.25, -0.2) is 4.39 Å². The molecule has 88 valence electrons. The molecule has 3 nitrogen and oxygen atoms in total. The van der Waals surface area contributed by atoms with Crippen molar-refractivity contribution in [3.05, 3.63) is 22.4 Å². The first-order valence-corrected chi connectivity index (χ1v) is 5.83. The minimum atomic E-state index is -0.452. The highest BCUT2D eigenvalue weighted by molar-refractivity contribution is 9.10. The fourth-order valence-corrected chi connectivity index (χ4v) is 2.17. The van der Waals surface area contributed by atoms with Crippen molar-refractivity contribution in [2.75, 3.05) is 17.2 Å². The van der Waals surface area contributed by atoms with Crippen LogP contribution in [0.4, 0.5) is 15.8 Å². The standard InChI is InChI=1S/C12H10BrFN2O/c1-2-7-3-12(17)16(6-7)11-4-8(13)9(14)5-10(11)15/h1,4-5,7H,3,6,15H2. The molecule has 1 aliphatic rings. The highest BCUT2D eigenvalue weighted by Crippen LogP contribution is 2.33. The van der Waals surface area contributed by atoms with Crippen molar-refractivity contribution in [3.63, 3.8) is 0 Å². The SMILES string of the molecule is C#CC1CC(=O)N(c2cc(Br)c(F)cc2N)C1. The Hall–Kier alpha value is -1.54. The van der Waals surface area contributed by atoms with E-state index in [1.54, 1.807) is 0 Å². The average Bonchev–Trinajstić information content (AvgIpc) is 2.65. The van der Waals surface area contributed by atoms with Gasteiger partial charge in [0, 0.05) is 24.9 Å². The van der Waals surface area contributed by atoms with E-state index in [0.717, 1.165) is 0 Å². The third-order valence-corrected chi connectivity index (χ3v) is 3.33. The van der Waals surface area contributed by atoms with Gasteiger partial charge in [-0.3, -0.25) is 4.79 Å². The van der Waals surface area contributed by atoms with E-state index in [1.165, 1.54) is 17.0 Å². The van der Waals surface area contributed by atoms with Gasteiger partial charge in [0.2, 0.25) is 5.91 Å². The third kappa shape index (κ3) is 2.13. The number of benzene rings is 1. The molecule has 17 heavy (non-hydrogen) atoms. The minimum Gasteiger partial charge on any atom is -0.397 e. The molecule has 1 amide bonds. The van der Waals surface area contributed by atoms with E-state index in [4.69, 9.17) is 12.2 Å². The van der Waals surface area contributed by atoms with E-state index in [-0.39, 0.29) is 22.0 Å². The quantitative estimate of drug-likeness (QED) is 0.638. The van der Waals surface area contributed by atoms with Crippen molar-refractivity contribution in [2.24, 2.45) is 5.92 Å². The summed E-state index contributed by atoms with van der Waals surface area (Å²) in [4.78, 5) is 13.3. The average molecular weight is 297 g/mol. The predicted octanol–water partition coefficient (Wildman–Crippen LogP) is 2.16. The van der Waals surface area contributed by atoms with Crippen LogP contribution in [-0.4, -0.2) is 12.5 Å². The van der Waals surface area contributed by atoms with Gasteiger partial charge in [0.1, 0.15) is 5.82 Å². The van der Waals surface area contributed by atoms with Crippen molar-refractivity contribution in [1.82, 2.24) is 0 Å². The first kappa shape index (κ1) is 11.9. The Morgan fingerprint density at radius 1 is 1.59 bits per heavy atom. The molecule has 1 unspecified atom stereocenters. The van der Waals surface area contributed by atoms with Gasteiger partial charge >= 0.3 is 0 Å². The molecule has 1 atom stereocenters. The van der Waals surface area contributed by atoms with Gasteiger partial charge in [-0.05, 0) is 22.0 Å². The number of hydrogen-bond donors (Lipinski definition) is 1. The molecule has 2 N–H and O–H groups in total. The summed E-state index contributed by atoms with van der Waals surface area (Å²) < 4.78 is 13.5. The smallest absolute Gasteiger partial charge is 0.228 e. The summed E-state index contributed by atoms with van der Waals surface area (Å²) in [6, 6.07) is 2.69. The Morgan fingerprint density at radius 3 is 2.88 bits per heavy atom. The van der Waals surface area contributed by atoms with Crippen LogP contribution in [0.25, 0.3) is 0 Å². The number of amides is 1. The lowest BCUT2D eigenvalue weighted by atomic mass is 10.1. The first-order valence-electron chi connectivity index (χ1n) is 5.04. The number of nitrogens with two attached hydrogens (primary N) is 1. The maximum Gasteiger partial charge on any atom is 0.228 e. The van der Waals surface area contributed by atoms with Crippen molar-refractivity contribution >= 4 is 33.2 Å². The Morgan fingerprint density at radius 2 is 2.29 bits per heavy atom. The molecular weight excluding hydrogens is 287 g/mol. The second-order valence-corrected chi connectivity index (χ2v) is 4.75. The molecule has 0 radical (unpaired) electrons. The maximum absolute atomic E-state index is 13.2. The van der Waals surface area contributed by atoms with E-state index in [1.807, 2.05) is 0 Å². The summed E-state index contributed by atoms with van der Waals surface area (Å²) in [6.45, 7) is 0.428. The molecule has 1 aromatic rings. The zero-order valence-electron chi connectivity index (χ0n) is 8.91. The number of carbonyl (C=O) groups is 1. The van der Waals surface area contributed by atoms with Crippen LogP contribution < -0.4 is 10.6 Å². The van der Waals surface area contributed by atoms with E-state index in [0.29, 0.717) is 18.7 Å². The van der Waals surface area contributed by atoms with Crippen LogP contribution in [-0.2, 0) is 4.79 Å². The number of hydrogen-bond acceptors (Lipinski definition) is 2. The van der Waals surface area contributed by atoms with Crippen LogP contribution in [0, 0.1) is 24.1 Å². The molecule has 0 spiro atoms. The zero-order valence-corrected chi connectivity index (χ0v) is 10.5. The minimum absolute atomic E-state index is 0.0850. The molecule has 5 heteroatoms. The molecule has 0 bridgehead atoms. The van der Waals surface area contributed by atoms with Crippen molar-refractivity contribution in [3.8, 4) is 12.3 Å². The van der Waals surface area contributed by atoms with Gasteiger partial charge in [-0.2, -0.15) is 0 Å². The topological polar surface area (TPSA) is 46.3 Å². The fourth-order valence-electron chi connectivity index (χ4n) is 1.84. The van der Waals surface area contributed by atoms with Crippen molar-refractivity contribution in [2.45, 2.75) is 6.42 Å². The summed E-state index contributed by atoms with van der Waals surface area (Å²) in [5.74, 6) is 1.91. The van der Waals surface area contributed by atoms with Crippen molar-refractivity contribution in [1.29, 1.82) is 0 Å². The molecule has 2 rings (SSSR count). The number of rotatable bonds is 1. The monoisotopic (exact) mass is 296 g/mol. The second-order valence-electron chi connectivity index (χ2n) is 3.90. The lowest BCUT2D eigenvalue weighted by Crippen LogP contribution is -2.25. The summed E-state index contributed by atoms with van der Waals surface area (Å²) in [6.07, 6.45) is 5.61. The molecule has 1 aliphatic heterocycles. The molecule has 0 aromatic heterocycles. The summed E-state index contributed by atoms with van der Waals surface area (Å²) in [5.41, 5.74) is 6.45. The first-order chi connectivity index (χ1) is 8.02. The van der Waals surface area contributed by atoms with Crippen LogP contribution in [0.5, 0.6) is 0 Å². The number of terminal acetylenes is 1. The molecule has 1 saturated heterocycles. The number of nitrogens with zero attached hydrogens (tertiary/aromatic N) is 1.